The zero-order valence-electron chi connectivity index (χ0n) is 14.4. The summed E-state index contributed by atoms with van der Waals surface area (Å²) in [5.74, 6) is 0.625. The third kappa shape index (κ3) is 3.81. The van der Waals surface area contributed by atoms with Gasteiger partial charge >= 0.3 is 0 Å². The smallest absolute Gasteiger partial charge is 0.261 e. The van der Waals surface area contributed by atoms with Crippen LogP contribution in [0.2, 0.25) is 0 Å². The van der Waals surface area contributed by atoms with Crippen LogP contribution in [0.25, 0.3) is 10.2 Å². The molecule has 0 spiro atoms. The van der Waals surface area contributed by atoms with E-state index in [1.807, 2.05) is 60.9 Å². The van der Waals surface area contributed by atoms with Gasteiger partial charge in [-0.1, -0.05) is 39.4 Å². The van der Waals surface area contributed by atoms with Crippen LogP contribution in [0, 0.1) is 0 Å². The summed E-state index contributed by atoms with van der Waals surface area (Å²) in [6.45, 7) is 0.329. The molecule has 0 unspecified atom stereocenters. The second-order valence-electron chi connectivity index (χ2n) is 5.78. The number of furan rings is 1. The molecule has 2 heterocycles. The molecule has 2 aromatic carbocycles. The van der Waals surface area contributed by atoms with Gasteiger partial charge in [0.15, 0.2) is 5.13 Å². The minimum Gasteiger partial charge on any atom is -0.467 e. The van der Waals surface area contributed by atoms with E-state index >= 15 is 0 Å². The molecule has 1 amide bonds. The van der Waals surface area contributed by atoms with Gasteiger partial charge in [-0.2, -0.15) is 0 Å². The number of benzene rings is 2. The molecule has 136 valence electrons. The fourth-order valence-corrected chi connectivity index (χ4v) is 4.86. The summed E-state index contributed by atoms with van der Waals surface area (Å²) in [6, 6.07) is 17.2. The van der Waals surface area contributed by atoms with Crippen molar-refractivity contribution in [1.82, 2.24) is 4.98 Å². The summed E-state index contributed by atoms with van der Waals surface area (Å²) in [6.07, 6.45) is 3.58. The Balaban J connectivity index is 1.79. The fourth-order valence-electron chi connectivity index (χ4n) is 2.75. The predicted octanol–water partition coefficient (Wildman–Crippen LogP) is 6.22. The number of hydrogen-bond acceptors (Lipinski definition) is 5. The van der Waals surface area contributed by atoms with Crippen LogP contribution in [-0.4, -0.2) is 17.1 Å². The molecule has 0 saturated heterocycles. The Bertz CT molecular complexity index is 1090. The number of fused-ring (bicyclic) bond motifs is 1. The zero-order chi connectivity index (χ0) is 18.8. The van der Waals surface area contributed by atoms with E-state index in [2.05, 4.69) is 15.9 Å². The van der Waals surface area contributed by atoms with Gasteiger partial charge < -0.3 is 4.42 Å². The molecule has 4 rings (SSSR count). The van der Waals surface area contributed by atoms with Gasteiger partial charge in [0.1, 0.15) is 5.76 Å². The van der Waals surface area contributed by atoms with E-state index in [0.29, 0.717) is 23.0 Å². The van der Waals surface area contributed by atoms with Crippen molar-refractivity contribution in [3.8, 4) is 0 Å². The number of amides is 1. The number of carbonyl (C=O) groups excluding carboxylic acids is 1. The number of halogens is 1. The van der Waals surface area contributed by atoms with Crippen molar-refractivity contribution in [3.63, 3.8) is 0 Å². The van der Waals surface area contributed by atoms with Crippen LogP contribution in [0.1, 0.15) is 16.1 Å². The molecule has 7 heteroatoms. The number of rotatable bonds is 5. The highest BCUT2D eigenvalue weighted by Gasteiger charge is 2.24. The van der Waals surface area contributed by atoms with E-state index in [4.69, 9.17) is 9.40 Å². The molecule has 0 aliphatic rings. The van der Waals surface area contributed by atoms with Crippen LogP contribution in [0.3, 0.4) is 0 Å². The molecule has 0 N–H and O–H groups in total. The summed E-state index contributed by atoms with van der Waals surface area (Å²) < 4.78 is 7.50. The maximum Gasteiger partial charge on any atom is 0.261 e. The van der Waals surface area contributed by atoms with Crippen LogP contribution < -0.4 is 4.90 Å². The lowest BCUT2D eigenvalue weighted by molar-refractivity contribution is 0.0980. The number of carbonyl (C=O) groups is 1. The van der Waals surface area contributed by atoms with Gasteiger partial charge in [0.2, 0.25) is 0 Å². The van der Waals surface area contributed by atoms with E-state index in [1.54, 1.807) is 22.9 Å². The Hall–Kier alpha value is -2.09. The van der Waals surface area contributed by atoms with Crippen molar-refractivity contribution in [2.24, 2.45) is 0 Å². The SMILES string of the molecule is CSc1ccccc1C(=O)N(Cc1ccco1)c1nc2ccc(Br)cc2s1. The van der Waals surface area contributed by atoms with E-state index in [9.17, 15) is 4.79 Å². The van der Waals surface area contributed by atoms with Crippen LogP contribution in [-0.2, 0) is 6.54 Å². The first-order chi connectivity index (χ1) is 13.2. The van der Waals surface area contributed by atoms with Crippen molar-refractivity contribution in [2.45, 2.75) is 11.4 Å². The Kier molecular flexibility index (Phi) is 5.33. The molecule has 0 aliphatic heterocycles. The highest BCUT2D eigenvalue weighted by molar-refractivity contribution is 9.10. The van der Waals surface area contributed by atoms with Gasteiger partial charge in [-0.15, -0.1) is 11.8 Å². The lowest BCUT2D eigenvalue weighted by Gasteiger charge is -2.20. The number of thiazole rings is 1. The Morgan fingerprint density at radius 2 is 2.07 bits per heavy atom. The number of nitrogens with zero attached hydrogens (tertiary/aromatic N) is 2. The lowest BCUT2D eigenvalue weighted by Crippen LogP contribution is -2.30. The maximum atomic E-state index is 13.4. The third-order valence-electron chi connectivity index (χ3n) is 4.05. The van der Waals surface area contributed by atoms with E-state index in [1.165, 1.54) is 11.3 Å². The molecule has 0 radical (unpaired) electrons. The fraction of sp³-hybridized carbons (Fsp3) is 0.100. The topological polar surface area (TPSA) is 46.3 Å². The molecule has 4 nitrogen and oxygen atoms in total. The molecule has 4 aromatic rings. The first-order valence-corrected chi connectivity index (χ1v) is 11.0. The highest BCUT2D eigenvalue weighted by atomic mass is 79.9. The standard InChI is InChI=1S/C20H15BrN2O2S2/c1-26-17-7-3-2-6-15(17)19(24)23(12-14-5-4-10-25-14)20-22-16-9-8-13(21)11-18(16)27-20/h2-11H,12H2,1H3. The number of hydrogen-bond donors (Lipinski definition) is 0. The van der Waals surface area contributed by atoms with Gasteiger partial charge in [-0.25, -0.2) is 4.98 Å². The summed E-state index contributed by atoms with van der Waals surface area (Å²) in [4.78, 5) is 20.7. The molecule has 2 aromatic heterocycles. The van der Waals surface area contributed by atoms with Gasteiger partial charge in [0, 0.05) is 9.37 Å². The number of anilines is 1. The second kappa shape index (κ2) is 7.88. The molecule has 0 aliphatic carbocycles. The Morgan fingerprint density at radius 1 is 1.22 bits per heavy atom. The van der Waals surface area contributed by atoms with Crippen molar-refractivity contribution in [3.05, 3.63) is 76.7 Å². The van der Waals surface area contributed by atoms with Crippen molar-refractivity contribution >= 4 is 60.3 Å². The first kappa shape index (κ1) is 18.3. The largest absolute Gasteiger partial charge is 0.467 e. The Morgan fingerprint density at radius 3 is 2.85 bits per heavy atom. The Labute approximate surface area is 173 Å². The molecule has 0 bridgehead atoms. The molecule has 27 heavy (non-hydrogen) atoms. The summed E-state index contributed by atoms with van der Waals surface area (Å²) in [5.41, 5.74) is 1.53. The van der Waals surface area contributed by atoms with E-state index < -0.39 is 0 Å². The van der Waals surface area contributed by atoms with Gasteiger partial charge in [0.25, 0.3) is 5.91 Å². The van der Waals surface area contributed by atoms with Gasteiger partial charge in [0.05, 0.1) is 28.6 Å². The minimum atomic E-state index is -0.0885. The normalized spacial score (nSPS) is 11.0. The van der Waals surface area contributed by atoms with Crippen LogP contribution in [0.4, 0.5) is 5.13 Å². The molecule has 0 atom stereocenters. The van der Waals surface area contributed by atoms with Crippen LogP contribution in [0.15, 0.2) is 74.6 Å². The summed E-state index contributed by atoms with van der Waals surface area (Å²) >= 11 is 6.54. The van der Waals surface area contributed by atoms with Gasteiger partial charge in [-0.05, 0) is 48.7 Å². The molecular weight excluding hydrogens is 444 g/mol. The van der Waals surface area contributed by atoms with Crippen molar-refractivity contribution in [2.75, 3.05) is 11.2 Å². The third-order valence-corrected chi connectivity index (χ3v) is 6.38. The van der Waals surface area contributed by atoms with E-state index in [-0.39, 0.29) is 5.91 Å². The first-order valence-electron chi connectivity index (χ1n) is 8.19. The predicted molar refractivity (Wildman–Crippen MR) is 115 cm³/mol. The molecule has 0 saturated carbocycles. The monoisotopic (exact) mass is 458 g/mol. The number of aromatic nitrogens is 1. The quantitative estimate of drug-likeness (QED) is 0.333. The summed E-state index contributed by atoms with van der Waals surface area (Å²) in [5, 5.41) is 0.653. The van der Waals surface area contributed by atoms with Gasteiger partial charge in [-0.3, -0.25) is 9.69 Å². The average Bonchev–Trinajstić information content (AvgIpc) is 3.34. The average molecular weight is 459 g/mol. The van der Waals surface area contributed by atoms with Crippen molar-refractivity contribution in [1.29, 1.82) is 0 Å². The number of thioether (sulfide) groups is 1. The van der Waals surface area contributed by atoms with Crippen LogP contribution >= 0.6 is 39.0 Å². The lowest BCUT2D eigenvalue weighted by atomic mass is 10.2. The molecular formula is C20H15BrN2O2S2. The summed E-state index contributed by atoms with van der Waals surface area (Å²) in [7, 11) is 0. The van der Waals surface area contributed by atoms with E-state index in [0.717, 1.165) is 19.6 Å². The zero-order valence-corrected chi connectivity index (χ0v) is 17.6. The second-order valence-corrected chi connectivity index (χ2v) is 8.55. The minimum absolute atomic E-state index is 0.0885. The molecule has 0 fully saturated rings. The van der Waals surface area contributed by atoms with Crippen LogP contribution in [0.5, 0.6) is 0 Å². The maximum absolute atomic E-state index is 13.4. The van der Waals surface area contributed by atoms with Crippen molar-refractivity contribution < 1.29 is 9.21 Å². The highest BCUT2D eigenvalue weighted by Crippen LogP contribution is 2.33.